The van der Waals surface area contributed by atoms with E-state index in [1.807, 2.05) is 19.1 Å². The summed E-state index contributed by atoms with van der Waals surface area (Å²) in [6.45, 7) is 2.73. The van der Waals surface area contributed by atoms with E-state index in [2.05, 4.69) is 25.9 Å². The zero-order chi connectivity index (χ0) is 14.7. The highest BCUT2D eigenvalue weighted by atomic mass is 16.5. The summed E-state index contributed by atoms with van der Waals surface area (Å²) in [6, 6.07) is 5.28. The smallest absolute Gasteiger partial charge is 0.251 e. The predicted molar refractivity (Wildman–Crippen MR) is 74.9 cm³/mol. The molecule has 0 saturated carbocycles. The lowest BCUT2D eigenvalue weighted by molar-refractivity contribution is 0.0932. The molecule has 2 aromatic rings. The third kappa shape index (κ3) is 2.86. The predicted octanol–water partition coefficient (Wildman–Crippen LogP) is 1.41. The van der Waals surface area contributed by atoms with Gasteiger partial charge in [-0.25, -0.2) is 0 Å². The fourth-order valence-corrected chi connectivity index (χ4v) is 2.44. The second-order valence-electron chi connectivity index (χ2n) is 5.01. The number of ether oxygens (including phenoxy) is 1. The molecule has 1 aromatic heterocycles. The minimum Gasteiger partial charge on any atom is -0.493 e. The van der Waals surface area contributed by atoms with Gasteiger partial charge in [0.1, 0.15) is 5.75 Å². The lowest BCUT2D eigenvalue weighted by Gasteiger charge is -2.14. The van der Waals surface area contributed by atoms with Gasteiger partial charge in [0.25, 0.3) is 5.91 Å². The minimum atomic E-state index is -0.231. The average molecular weight is 287 g/mol. The zero-order valence-electron chi connectivity index (χ0n) is 11.8. The van der Waals surface area contributed by atoms with Crippen LogP contribution in [0, 0.1) is 0 Å². The maximum absolute atomic E-state index is 12.4. The molecule has 1 atom stereocenters. The van der Waals surface area contributed by atoms with E-state index < -0.39 is 0 Å². The highest BCUT2D eigenvalue weighted by Crippen LogP contribution is 2.26. The van der Waals surface area contributed by atoms with Gasteiger partial charge in [0, 0.05) is 12.0 Å². The largest absolute Gasteiger partial charge is 0.493 e. The number of rotatable bonds is 5. The Bertz CT molecular complexity index is 626. The Balaban J connectivity index is 1.75. The summed E-state index contributed by atoms with van der Waals surface area (Å²) in [7, 11) is 0. The van der Waals surface area contributed by atoms with Crippen molar-refractivity contribution in [3.05, 3.63) is 35.2 Å². The maximum Gasteiger partial charge on any atom is 0.251 e. The van der Waals surface area contributed by atoms with Crippen molar-refractivity contribution in [1.29, 1.82) is 0 Å². The lowest BCUT2D eigenvalue weighted by atomic mass is 10.1. The summed E-state index contributed by atoms with van der Waals surface area (Å²) in [5.74, 6) is 1.25. The number of amides is 1. The fraction of sp³-hybridized carbons (Fsp3) is 0.429. The molecule has 0 aliphatic carbocycles. The summed E-state index contributed by atoms with van der Waals surface area (Å²) in [4.78, 5) is 12.4. The number of carbonyl (C=O) groups excluding carboxylic acids is 1. The van der Waals surface area contributed by atoms with Crippen LogP contribution in [0.3, 0.4) is 0 Å². The van der Waals surface area contributed by atoms with Crippen LogP contribution in [0.4, 0.5) is 0 Å². The topological polar surface area (TPSA) is 92.8 Å². The van der Waals surface area contributed by atoms with Crippen LogP contribution in [0.5, 0.6) is 5.75 Å². The number of carbonyl (C=O) groups is 1. The van der Waals surface area contributed by atoms with Gasteiger partial charge < -0.3 is 10.1 Å². The molecule has 0 fully saturated rings. The minimum absolute atomic E-state index is 0.132. The Morgan fingerprint density at radius 2 is 2.43 bits per heavy atom. The van der Waals surface area contributed by atoms with Gasteiger partial charge in [-0.15, -0.1) is 10.2 Å². The summed E-state index contributed by atoms with van der Waals surface area (Å²) in [5, 5.41) is 16.8. The van der Waals surface area contributed by atoms with Gasteiger partial charge in [-0.1, -0.05) is 18.6 Å². The van der Waals surface area contributed by atoms with Crippen molar-refractivity contribution in [1.82, 2.24) is 25.9 Å². The molecule has 0 bridgehead atoms. The maximum atomic E-state index is 12.4. The SMILES string of the molecule is CCC[C@@H](NC(=O)c1ccc2c(c1)CCO2)c1nn[nH]n1. The summed E-state index contributed by atoms with van der Waals surface area (Å²) < 4.78 is 5.45. The molecule has 110 valence electrons. The van der Waals surface area contributed by atoms with Crippen LogP contribution >= 0.6 is 0 Å². The summed E-state index contributed by atoms with van der Waals surface area (Å²) >= 11 is 0. The van der Waals surface area contributed by atoms with Crippen molar-refractivity contribution >= 4 is 5.91 Å². The molecular weight excluding hydrogens is 270 g/mol. The van der Waals surface area contributed by atoms with E-state index in [0.717, 1.165) is 30.6 Å². The van der Waals surface area contributed by atoms with Crippen molar-refractivity contribution in [3.8, 4) is 5.75 Å². The van der Waals surface area contributed by atoms with E-state index in [0.29, 0.717) is 18.0 Å². The second-order valence-corrected chi connectivity index (χ2v) is 5.01. The Labute approximate surface area is 122 Å². The van der Waals surface area contributed by atoms with E-state index >= 15 is 0 Å². The number of nitrogens with zero attached hydrogens (tertiary/aromatic N) is 3. The Morgan fingerprint density at radius 1 is 1.52 bits per heavy atom. The molecule has 7 nitrogen and oxygen atoms in total. The molecule has 0 saturated heterocycles. The van der Waals surface area contributed by atoms with E-state index in [-0.39, 0.29) is 11.9 Å². The number of nitrogens with one attached hydrogen (secondary N) is 2. The van der Waals surface area contributed by atoms with Crippen LogP contribution in [0.25, 0.3) is 0 Å². The van der Waals surface area contributed by atoms with Crippen LogP contribution in [-0.4, -0.2) is 33.1 Å². The Hall–Kier alpha value is -2.44. The number of fused-ring (bicyclic) bond motifs is 1. The first-order valence-corrected chi connectivity index (χ1v) is 7.08. The van der Waals surface area contributed by atoms with Gasteiger partial charge in [-0.3, -0.25) is 4.79 Å². The van der Waals surface area contributed by atoms with Gasteiger partial charge in [0.05, 0.1) is 12.6 Å². The van der Waals surface area contributed by atoms with E-state index in [9.17, 15) is 4.79 Å². The van der Waals surface area contributed by atoms with Crippen molar-refractivity contribution in [2.75, 3.05) is 6.61 Å². The molecule has 2 heterocycles. The van der Waals surface area contributed by atoms with Crippen LogP contribution in [0.2, 0.25) is 0 Å². The molecule has 1 aliphatic rings. The number of hydrogen-bond acceptors (Lipinski definition) is 5. The van der Waals surface area contributed by atoms with Gasteiger partial charge >= 0.3 is 0 Å². The van der Waals surface area contributed by atoms with Gasteiger partial charge in [0.15, 0.2) is 5.82 Å². The van der Waals surface area contributed by atoms with Crippen LogP contribution < -0.4 is 10.1 Å². The molecule has 21 heavy (non-hydrogen) atoms. The number of aromatic nitrogens is 4. The zero-order valence-corrected chi connectivity index (χ0v) is 11.8. The molecule has 0 radical (unpaired) electrons. The van der Waals surface area contributed by atoms with Crippen LogP contribution in [-0.2, 0) is 6.42 Å². The first kappa shape index (κ1) is 13.5. The first-order valence-electron chi connectivity index (χ1n) is 7.08. The highest BCUT2D eigenvalue weighted by Gasteiger charge is 2.20. The molecule has 7 heteroatoms. The molecular formula is C14H17N5O2. The van der Waals surface area contributed by atoms with Crippen LogP contribution in [0.15, 0.2) is 18.2 Å². The Morgan fingerprint density at radius 3 is 3.19 bits per heavy atom. The second kappa shape index (κ2) is 5.90. The number of aromatic amines is 1. The first-order chi connectivity index (χ1) is 10.3. The number of hydrogen-bond donors (Lipinski definition) is 2. The Kier molecular flexibility index (Phi) is 3.81. The van der Waals surface area contributed by atoms with Crippen molar-refractivity contribution < 1.29 is 9.53 Å². The average Bonchev–Trinajstić information content (AvgIpc) is 3.17. The number of benzene rings is 1. The van der Waals surface area contributed by atoms with Crippen molar-refractivity contribution in [2.24, 2.45) is 0 Å². The third-order valence-corrected chi connectivity index (χ3v) is 3.51. The normalized spacial score (nSPS) is 14.3. The summed E-state index contributed by atoms with van der Waals surface area (Å²) in [6.07, 6.45) is 2.52. The fourth-order valence-electron chi connectivity index (χ4n) is 2.44. The quantitative estimate of drug-likeness (QED) is 0.867. The standard InChI is InChI=1S/C14H17N5O2/c1-2-3-11(13-16-18-19-17-13)15-14(20)10-4-5-12-9(8-10)6-7-21-12/h4-5,8,11H,2-3,6-7H2,1H3,(H,15,20)(H,16,17,18,19)/t11-/m1/s1. The molecule has 3 rings (SSSR count). The molecule has 1 aromatic carbocycles. The highest BCUT2D eigenvalue weighted by molar-refractivity contribution is 5.94. The van der Waals surface area contributed by atoms with Crippen LogP contribution in [0.1, 0.15) is 47.6 Å². The van der Waals surface area contributed by atoms with E-state index in [4.69, 9.17) is 4.74 Å². The number of tetrazole rings is 1. The third-order valence-electron chi connectivity index (χ3n) is 3.51. The molecule has 0 spiro atoms. The summed E-state index contributed by atoms with van der Waals surface area (Å²) in [5.41, 5.74) is 1.71. The monoisotopic (exact) mass is 287 g/mol. The van der Waals surface area contributed by atoms with E-state index in [1.165, 1.54) is 0 Å². The molecule has 1 aliphatic heterocycles. The van der Waals surface area contributed by atoms with Gasteiger partial charge in [0.2, 0.25) is 0 Å². The van der Waals surface area contributed by atoms with E-state index in [1.54, 1.807) is 6.07 Å². The van der Waals surface area contributed by atoms with Crippen molar-refractivity contribution in [2.45, 2.75) is 32.2 Å². The number of H-pyrrole nitrogens is 1. The molecule has 1 amide bonds. The molecule has 0 unspecified atom stereocenters. The van der Waals surface area contributed by atoms with Gasteiger partial charge in [-0.05, 0) is 30.2 Å². The van der Waals surface area contributed by atoms with Crippen molar-refractivity contribution in [3.63, 3.8) is 0 Å². The molecule has 2 N–H and O–H groups in total. The van der Waals surface area contributed by atoms with Gasteiger partial charge in [-0.2, -0.15) is 5.21 Å². The lowest BCUT2D eigenvalue weighted by Crippen LogP contribution is -2.29.